The van der Waals surface area contributed by atoms with Gasteiger partial charge in [0.15, 0.2) is 0 Å². The average Bonchev–Trinajstić information content (AvgIpc) is 3.30. The zero-order valence-corrected chi connectivity index (χ0v) is 19.5. The molecular weight excluding hydrogens is 363 g/mol. The van der Waals surface area contributed by atoms with E-state index in [9.17, 15) is 0 Å². The molecule has 0 saturated carbocycles. The summed E-state index contributed by atoms with van der Waals surface area (Å²) in [6.45, 7) is 2.14. The van der Waals surface area contributed by atoms with Crippen LogP contribution in [-0.4, -0.2) is 112 Å². The van der Waals surface area contributed by atoms with E-state index in [0.29, 0.717) is 0 Å². The van der Waals surface area contributed by atoms with Gasteiger partial charge in [0.05, 0.1) is 0 Å². The van der Waals surface area contributed by atoms with Crippen molar-refractivity contribution in [3.63, 3.8) is 0 Å². The van der Waals surface area contributed by atoms with Gasteiger partial charge >= 0.3 is 0 Å². The van der Waals surface area contributed by atoms with Gasteiger partial charge in [0.1, 0.15) is 0 Å². The van der Waals surface area contributed by atoms with Gasteiger partial charge in [0, 0.05) is 13.1 Å². The van der Waals surface area contributed by atoms with E-state index in [2.05, 4.69) is 98.5 Å². The van der Waals surface area contributed by atoms with E-state index in [0.717, 1.165) is 13.1 Å². The highest BCUT2D eigenvalue weighted by atomic mass is 31.3. The Bertz CT molecular complexity index is 520. The minimum absolute atomic E-state index is 1.07. The molecule has 0 spiro atoms. The first-order valence-corrected chi connectivity index (χ1v) is 12.8. The molecule has 1 unspecified atom stereocenters. The summed E-state index contributed by atoms with van der Waals surface area (Å²) in [6, 6.07) is 0. The minimum Gasteiger partial charge on any atom is -0.246 e. The Morgan fingerprint density at radius 2 is 0.917 bits per heavy atom. The molecule has 0 aromatic heterocycles. The Morgan fingerprint density at radius 3 is 1.21 bits per heavy atom. The van der Waals surface area contributed by atoms with Gasteiger partial charge in [-0.15, -0.1) is 0 Å². The second-order valence-corrected chi connectivity index (χ2v) is 17.0. The molecule has 12 heteroatoms. The molecule has 1 atom stereocenters. The first-order valence-electron chi connectivity index (χ1n) is 8.00. The van der Waals surface area contributed by atoms with Gasteiger partial charge in [0.25, 0.3) is 0 Å². The second kappa shape index (κ2) is 6.88. The van der Waals surface area contributed by atoms with Gasteiger partial charge in [-0.05, 0) is 70.5 Å². The summed E-state index contributed by atoms with van der Waals surface area (Å²) in [5.74, 6) is 0. The molecule has 142 valence electrons. The van der Waals surface area contributed by atoms with Crippen molar-refractivity contribution < 1.29 is 0 Å². The van der Waals surface area contributed by atoms with Crippen molar-refractivity contribution in [1.82, 2.24) is 28.0 Å². The van der Waals surface area contributed by atoms with Crippen LogP contribution in [0.3, 0.4) is 0 Å². The third-order valence-corrected chi connectivity index (χ3v) is 16.5. The molecule has 0 aliphatic carbocycles. The SMILES string of the molecule is CN(C)P1(N(C)C)=NP(N(C)C)(N(C)C)=NP(N(C)C)(N2CC2)=N1. The van der Waals surface area contributed by atoms with E-state index < -0.39 is 22.5 Å². The Balaban J connectivity index is 2.99. The van der Waals surface area contributed by atoms with Crippen LogP contribution in [0.1, 0.15) is 0 Å². The highest BCUT2D eigenvalue weighted by Gasteiger charge is 2.48. The second-order valence-electron chi connectivity index (χ2n) is 7.07. The van der Waals surface area contributed by atoms with Crippen LogP contribution in [0.4, 0.5) is 0 Å². The number of rotatable bonds is 6. The molecule has 1 fully saturated rings. The number of hydrogen-bond acceptors (Lipinski definition) is 9. The van der Waals surface area contributed by atoms with Gasteiger partial charge in [-0.2, -0.15) is 13.5 Å². The van der Waals surface area contributed by atoms with E-state index in [4.69, 9.17) is 13.5 Å². The lowest BCUT2D eigenvalue weighted by atomic mass is 11.0. The predicted octanol–water partition coefficient (Wildman–Crippen LogP) is 2.96. The normalized spacial score (nSPS) is 29.1. The molecular formula is C12H34N9P3. The maximum atomic E-state index is 5.43. The van der Waals surface area contributed by atoms with Gasteiger partial charge in [0.2, 0.25) is 22.5 Å². The molecule has 2 aliphatic rings. The van der Waals surface area contributed by atoms with E-state index in [1.54, 1.807) is 0 Å². The Morgan fingerprint density at radius 1 is 0.542 bits per heavy atom. The highest BCUT2D eigenvalue weighted by Crippen LogP contribution is 2.82. The van der Waals surface area contributed by atoms with Crippen molar-refractivity contribution in [2.75, 3.05) is 83.6 Å². The van der Waals surface area contributed by atoms with Crippen molar-refractivity contribution in [1.29, 1.82) is 0 Å². The largest absolute Gasteiger partial charge is 0.246 e. The molecule has 0 bridgehead atoms. The number of nitrogens with zero attached hydrogens (tertiary/aromatic N) is 9. The Labute approximate surface area is 148 Å². The van der Waals surface area contributed by atoms with Gasteiger partial charge in [-0.1, -0.05) is 0 Å². The Kier molecular flexibility index (Phi) is 5.95. The monoisotopic (exact) mass is 397 g/mol. The maximum Gasteiger partial charge on any atom is 0.220 e. The summed E-state index contributed by atoms with van der Waals surface area (Å²) in [5.41, 5.74) is 0. The summed E-state index contributed by atoms with van der Waals surface area (Å²) in [6.07, 6.45) is 0. The molecule has 24 heavy (non-hydrogen) atoms. The van der Waals surface area contributed by atoms with Crippen LogP contribution in [0, 0.1) is 0 Å². The number of hydrogen-bond donors (Lipinski definition) is 0. The van der Waals surface area contributed by atoms with Crippen LogP contribution < -0.4 is 0 Å². The van der Waals surface area contributed by atoms with Crippen LogP contribution in [0.5, 0.6) is 0 Å². The van der Waals surface area contributed by atoms with Crippen molar-refractivity contribution >= 4 is 22.5 Å². The zero-order chi connectivity index (χ0) is 18.5. The maximum absolute atomic E-state index is 5.43. The van der Waals surface area contributed by atoms with Crippen LogP contribution in [0.25, 0.3) is 0 Å². The first-order chi connectivity index (χ1) is 10.9. The summed E-state index contributed by atoms with van der Waals surface area (Å²) in [7, 11) is 14.5. The first kappa shape index (κ1) is 20.8. The molecule has 0 N–H and O–H groups in total. The molecule has 9 nitrogen and oxygen atoms in total. The van der Waals surface area contributed by atoms with Gasteiger partial charge < -0.3 is 0 Å². The van der Waals surface area contributed by atoms with Crippen LogP contribution in [0.2, 0.25) is 0 Å². The minimum atomic E-state index is -2.20. The fraction of sp³-hybridized carbons (Fsp3) is 1.00. The third-order valence-electron chi connectivity index (χ3n) is 4.21. The summed E-state index contributed by atoms with van der Waals surface area (Å²) >= 11 is 0. The Hall–Kier alpha value is 0.450. The summed E-state index contributed by atoms with van der Waals surface area (Å²) < 4.78 is 29.8. The van der Waals surface area contributed by atoms with Crippen molar-refractivity contribution in [3.8, 4) is 0 Å². The van der Waals surface area contributed by atoms with Gasteiger partial charge in [-0.25, -0.2) is 28.0 Å². The lowest BCUT2D eigenvalue weighted by molar-refractivity contribution is 0.540. The molecule has 2 aliphatic heterocycles. The molecule has 0 radical (unpaired) electrons. The predicted molar refractivity (Wildman–Crippen MR) is 108 cm³/mol. The van der Waals surface area contributed by atoms with E-state index in [-0.39, 0.29) is 0 Å². The average molecular weight is 397 g/mol. The zero-order valence-electron chi connectivity index (χ0n) is 16.8. The van der Waals surface area contributed by atoms with Crippen LogP contribution in [0.15, 0.2) is 13.5 Å². The van der Waals surface area contributed by atoms with Crippen LogP contribution >= 0.6 is 22.5 Å². The molecule has 0 aromatic rings. The summed E-state index contributed by atoms with van der Waals surface area (Å²) in [5, 5.41) is 0. The standard InChI is InChI=1S/C12H34N9P3/c1-16(2)22(17(3)4)13-23(18(5)6,19(7)8)15-24(14-22,20(9)10)21-11-12-21/h11-12H2,1-10H3. The van der Waals surface area contributed by atoms with E-state index in [1.165, 1.54) is 0 Å². The molecule has 0 amide bonds. The fourth-order valence-corrected chi connectivity index (χ4v) is 17.9. The molecule has 1 saturated heterocycles. The van der Waals surface area contributed by atoms with Crippen molar-refractivity contribution in [2.24, 2.45) is 13.5 Å². The fourth-order valence-electron chi connectivity index (χ4n) is 2.73. The molecule has 0 aromatic carbocycles. The quantitative estimate of drug-likeness (QED) is 0.507. The third kappa shape index (κ3) is 3.13. The van der Waals surface area contributed by atoms with Crippen molar-refractivity contribution in [2.45, 2.75) is 0 Å². The van der Waals surface area contributed by atoms with E-state index in [1.807, 2.05) is 0 Å². The van der Waals surface area contributed by atoms with E-state index >= 15 is 0 Å². The molecule has 2 rings (SSSR count). The smallest absolute Gasteiger partial charge is 0.220 e. The lowest BCUT2D eigenvalue weighted by Crippen LogP contribution is -2.27. The van der Waals surface area contributed by atoms with Crippen molar-refractivity contribution in [3.05, 3.63) is 0 Å². The topological polar surface area (TPSA) is 56.3 Å². The van der Waals surface area contributed by atoms with Crippen LogP contribution in [-0.2, 0) is 0 Å². The highest BCUT2D eigenvalue weighted by molar-refractivity contribution is 7.83. The summed E-state index contributed by atoms with van der Waals surface area (Å²) in [4.78, 5) is 0. The van der Waals surface area contributed by atoms with Gasteiger partial charge in [-0.3, -0.25) is 0 Å². The lowest BCUT2D eigenvalue weighted by Gasteiger charge is -2.46. The molecule has 2 heterocycles.